The molecule has 0 aliphatic rings. The van der Waals surface area contributed by atoms with Crippen LogP contribution in [0.3, 0.4) is 0 Å². The van der Waals surface area contributed by atoms with Crippen molar-refractivity contribution in [2.75, 3.05) is 0 Å². The number of aryl methyl sites for hydroxylation is 1. The van der Waals surface area contributed by atoms with Crippen molar-refractivity contribution in [3.8, 4) is 5.75 Å². The highest BCUT2D eigenvalue weighted by Gasteiger charge is 2.13. The van der Waals surface area contributed by atoms with Crippen molar-refractivity contribution in [1.82, 2.24) is 0 Å². The van der Waals surface area contributed by atoms with E-state index in [9.17, 15) is 9.59 Å². The maximum Gasteiger partial charge on any atom is 0.339 e. The van der Waals surface area contributed by atoms with Crippen LogP contribution in [0.5, 0.6) is 5.75 Å². The molecule has 110 valence electrons. The molecule has 21 heavy (non-hydrogen) atoms. The van der Waals surface area contributed by atoms with E-state index < -0.39 is 5.97 Å². The van der Waals surface area contributed by atoms with E-state index in [0.29, 0.717) is 18.6 Å². The van der Waals surface area contributed by atoms with Gasteiger partial charge in [-0.25, -0.2) is 4.79 Å². The number of hydrogen-bond donors (Lipinski definition) is 1. The third-order valence-electron chi connectivity index (χ3n) is 3.03. The van der Waals surface area contributed by atoms with E-state index in [4.69, 9.17) is 14.3 Å². The Morgan fingerprint density at radius 2 is 1.90 bits per heavy atom. The lowest BCUT2D eigenvalue weighted by atomic mass is 10.1. The molecule has 5 heteroatoms. The molecule has 1 aromatic carbocycles. The van der Waals surface area contributed by atoms with E-state index in [2.05, 4.69) is 0 Å². The number of aromatic carboxylic acids is 1. The number of Topliss-reactive ketones (excluding diaryl/α,β-unsaturated/α-hetero) is 1. The van der Waals surface area contributed by atoms with Gasteiger partial charge >= 0.3 is 5.97 Å². The maximum absolute atomic E-state index is 10.9. The van der Waals surface area contributed by atoms with Crippen LogP contribution in [0.1, 0.15) is 35.0 Å². The molecule has 0 atom stereocenters. The summed E-state index contributed by atoms with van der Waals surface area (Å²) in [5, 5.41) is 8.95. The molecule has 0 fully saturated rings. The molecule has 2 rings (SSSR count). The molecule has 0 spiro atoms. The highest BCUT2D eigenvalue weighted by Crippen LogP contribution is 2.17. The van der Waals surface area contributed by atoms with Crippen molar-refractivity contribution in [1.29, 1.82) is 0 Å². The second-order valence-corrected chi connectivity index (χ2v) is 4.70. The van der Waals surface area contributed by atoms with Crippen molar-refractivity contribution >= 4 is 11.8 Å². The molecule has 1 aromatic heterocycles. The molecule has 0 bridgehead atoms. The Morgan fingerprint density at radius 1 is 1.19 bits per heavy atom. The first-order valence-corrected chi connectivity index (χ1v) is 6.57. The summed E-state index contributed by atoms with van der Waals surface area (Å²) >= 11 is 0. The summed E-state index contributed by atoms with van der Waals surface area (Å²) in [6.45, 7) is 1.63. The summed E-state index contributed by atoms with van der Waals surface area (Å²) in [5.41, 5.74) is 1.16. The van der Waals surface area contributed by atoms with Crippen LogP contribution in [0.15, 0.2) is 41.0 Å². The summed E-state index contributed by atoms with van der Waals surface area (Å²) in [5.74, 6) is 0.0220. The van der Waals surface area contributed by atoms with Crippen LogP contribution < -0.4 is 4.74 Å². The van der Waals surface area contributed by atoms with E-state index >= 15 is 0 Å². The Morgan fingerprint density at radius 3 is 2.52 bits per heavy atom. The average Bonchev–Trinajstić information content (AvgIpc) is 2.92. The standard InChI is InChI=1S/C16H16O5/c1-11(17)2-3-12-4-6-13(7-5-12)21-10-15-14(16(18)19)8-9-20-15/h4-9H,2-3,10H2,1H3,(H,18,19). The fourth-order valence-electron chi connectivity index (χ4n) is 1.86. The Balaban J connectivity index is 1.93. The molecule has 1 heterocycles. The number of hydrogen-bond acceptors (Lipinski definition) is 4. The van der Waals surface area contributed by atoms with E-state index in [1.165, 1.54) is 12.3 Å². The average molecular weight is 288 g/mol. The molecule has 0 saturated heterocycles. The van der Waals surface area contributed by atoms with Gasteiger partial charge in [0.15, 0.2) is 5.76 Å². The van der Waals surface area contributed by atoms with E-state index in [0.717, 1.165) is 5.56 Å². The van der Waals surface area contributed by atoms with Crippen LogP contribution in [-0.2, 0) is 17.8 Å². The number of carboxylic acid groups (broad SMARTS) is 1. The van der Waals surface area contributed by atoms with Crippen molar-refractivity contribution in [2.45, 2.75) is 26.4 Å². The number of carbonyl (C=O) groups excluding carboxylic acids is 1. The normalized spacial score (nSPS) is 10.3. The first-order valence-electron chi connectivity index (χ1n) is 6.57. The molecule has 2 aromatic rings. The van der Waals surface area contributed by atoms with Gasteiger partial charge in [-0.05, 0) is 37.1 Å². The quantitative estimate of drug-likeness (QED) is 0.847. The van der Waals surface area contributed by atoms with Gasteiger partial charge in [0, 0.05) is 6.42 Å². The number of carbonyl (C=O) groups is 2. The lowest BCUT2D eigenvalue weighted by molar-refractivity contribution is -0.116. The number of rotatable bonds is 7. The number of ether oxygens (including phenoxy) is 1. The van der Waals surface area contributed by atoms with Crippen molar-refractivity contribution in [2.24, 2.45) is 0 Å². The van der Waals surface area contributed by atoms with Gasteiger partial charge in [0.1, 0.15) is 23.7 Å². The van der Waals surface area contributed by atoms with Gasteiger partial charge in [-0.1, -0.05) is 12.1 Å². The highest BCUT2D eigenvalue weighted by atomic mass is 16.5. The summed E-state index contributed by atoms with van der Waals surface area (Å²) < 4.78 is 10.6. The largest absolute Gasteiger partial charge is 0.486 e. The van der Waals surface area contributed by atoms with Gasteiger partial charge < -0.3 is 19.1 Å². The van der Waals surface area contributed by atoms with E-state index in [1.54, 1.807) is 19.1 Å². The summed E-state index contributed by atoms with van der Waals surface area (Å²) in [7, 11) is 0. The van der Waals surface area contributed by atoms with Crippen LogP contribution in [0.2, 0.25) is 0 Å². The van der Waals surface area contributed by atoms with Gasteiger partial charge in [0.2, 0.25) is 0 Å². The number of furan rings is 1. The second-order valence-electron chi connectivity index (χ2n) is 4.70. The molecular weight excluding hydrogens is 272 g/mol. The molecule has 5 nitrogen and oxygen atoms in total. The Labute approximate surface area is 122 Å². The zero-order valence-electron chi connectivity index (χ0n) is 11.7. The molecule has 1 N–H and O–H groups in total. The fourth-order valence-corrected chi connectivity index (χ4v) is 1.86. The fraction of sp³-hybridized carbons (Fsp3) is 0.250. The SMILES string of the molecule is CC(=O)CCc1ccc(OCc2occc2C(=O)O)cc1. The molecule has 0 saturated carbocycles. The van der Waals surface area contributed by atoms with Gasteiger partial charge in [-0.15, -0.1) is 0 Å². The lowest BCUT2D eigenvalue weighted by Gasteiger charge is -2.06. The minimum Gasteiger partial charge on any atom is -0.486 e. The smallest absolute Gasteiger partial charge is 0.339 e. The Bertz CT molecular complexity index is 624. The second kappa shape index (κ2) is 6.74. The van der Waals surface area contributed by atoms with Crippen molar-refractivity contribution < 1.29 is 23.8 Å². The van der Waals surface area contributed by atoms with Crippen LogP contribution >= 0.6 is 0 Å². The summed E-state index contributed by atoms with van der Waals surface area (Å²) in [4.78, 5) is 21.8. The number of carboxylic acids is 1. The predicted octanol–water partition coefficient (Wildman–Crippen LogP) is 3.08. The van der Waals surface area contributed by atoms with Crippen molar-refractivity contribution in [3.05, 3.63) is 53.5 Å². The van der Waals surface area contributed by atoms with Crippen LogP contribution in [0.4, 0.5) is 0 Å². The van der Waals surface area contributed by atoms with Gasteiger partial charge in [0.25, 0.3) is 0 Å². The highest BCUT2D eigenvalue weighted by molar-refractivity contribution is 5.88. The van der Waals surface area contributed by atoms with Crippen LogP contribution in [0, 0.1) is 0 Å². The first kappa shape index (κ1) is 14.8. The molecule has 0 amide bonds. The number of ketones is 1. The van der Waals surface area contributed by atoms with Gasteiger partial charge in [0.05, 0.1) is 6.26 Å². The monoisotopic (exact) mass is 288 g/mol. The Kier molecular flexibility index (Phi) is 4.77. The molecule has 0 aliphatic heterocycles. The third-order valence-corrected chi connectivity index (χ3v) is 3.03. The van der Waals surface area contributed by atoms with Crippen molar-refractivity contribution in [3.63, 3.8) is 0 Å². The summed E-state index contributed by atoms with van der Waals surface area (Å²) in [6.07, 6.45) is 2.55. The first-order chi connectivity index (χ1) is 10.1. The van der Waals surface area contributed by atoms with Crippen LogP contribution in [-0.4, -0.2) is 16.9 Å². The van der Waals surface area contributed by atoms with Crippen LogP contribution in [0.25, 0.3) is 0 Å². The minimum atomic E-state index is -1.04. The zero-order chi connectivity index (χ0) is 15.2. The van der Waals surface area contributed by atoms with E-state index in [-0.39, 0.29) is 23.7 Å². The molecular formula is C16H16O5. The summed E-state index contributed by atoms with van der Waals surface area (Å²) in [6, 6.07) is 8.75. The Hall–Kier alpha value is -2.56. The molecule has 0 aliphatic carbocycles. The van der Waals surface area contributed by atoms with E-state index in [1.807, 2.05) is 12.1 Å². The lowest BCUT2D eigenvalue weighted by Crippen LogP contribution is -2.02. The topological polar surface area (TPSA) is 76.7 Å². The minimum absolute atomic E-state index is 0.0570. The zero-order valence-corrected chi connectivity index (χ0v) is 11.7. The number of benzene rings is 1. The third kappa shape index (κ3) is 4.21. The van der Waals surface area contributed by atoms with Gasteiger partial charge in [-0.3, -0.25) is 0 Å². The predicted molar refractivity (Wildman–Crippen MR) is 75.4 cm³/mol. The van der Waals surface area contributed by atoms with Gasteiger partial charge in [-0.2, -0.15) is 0 Å². The maximum atomic E-state index is 10.9. The molecule has 0 unspecified atom stereocenters. The molecule has 0 radical (unpaired) electrons.